The topological polar surface area (TPSA) is 72.9 Å². The van der Waals surface area contributed by atoms with Gasteiger partial charge in [0, 0.05) is 17.6 Å². The molecule has 0 aliphatic carbocycles. The van der Waals surface area contributed by atoms with Crippen molar-refractivity contribution in [1.82, 2.24) is 4.90 Å². The van der Waals surface area contributed by atoms with Crippen LogP contribution in [0.4, 0.5) is 0 Å². The predicted octanol–water partition coefficient (Wildman–Crippen LogP) is 4.03. The maximum atomic E-state index is 13.0. The lowest BCUT2D eigenvalue weighted by atomic mass is 10.0. The van der Waals surface area contributed by atoms with Gasteiger partial charge in [0.2, 0.25) is 0 Å². The summed E-state index contributed by atoms with van der Waals surface area (Å²) in [5.41, 5.74) is 1.12. The first kappa shape index (κ1) is 23.1. The summed E-state index contributed by atoms with van der Waals surface area (Å²) < 4.78 is 10.7. The number of Topliss-reactive ketones (excluding diaryl/α,β-unsaturated/α-hetero) is 1. The second-order valence-corrected chi connectivity index (χ2v) is 8.08. The van der Waals surface area contributed by atoms with Crippen molar-refractivity contribution < 1.29 is 23.9 Å². The van der Waals surface area contributed by atoms with Gasteiger partial charge in [0.05, 0.1) is 0 Å². The predicted molar refractivity (Wildman–Crippen MR) is 114 cm³/mol. The van der Waals surface area contributed by atoms with E-state index in [0.717, 1.165) is 5.56 Å². The van der Waals surface area contributed by atoms with Crippen LogP contribution in [0.2, 0.25) is 0 Å². The second-order valence-electron chi connectivity index (χ2n) is 8.08. The summed E-state index contributed by atoms with van der Waals surface area (Å²) >= 11 is 0. The Kier molecular flexibility index (Phi) is 7.75. The number of nitrogens with zero attached hydrogens (tertiary/aromatic N) is 1. The number of hydrogen-bond acceptors (Lipinski definition) is 5. The minimum atomic E-state index is -0.941. The fraction of sp³-hybridized carbons (Fsp3) is 0.375. The van der Waals surface area contributed by atoms with Crippen molar-refractivity contribution in [3.05, 3.63) is 65.7 Å². The molecule has 0 fully saturated rings. The Hall–Kier alpha value is -3.15. The monoisotopic (exact) mass is 411 g/mol. The first-order valence-electron chi connectivity index (χ1n) is 9.86. The summed E-state index contributed by atoms with van der Waals surface area (Å²) in [7, 11) is 0. The molecular weight excluding hydrogens is 382 g/mol. The van der Waals surface area contributed by atoms with E-state index in [4.69, 9.17) is 9.47 Å². The maximum absolute atomic E-state index is 13.0. The molecule has 0 bridgehead atoms. The minimum absolute atomic E-state index is 0.0489. The molecule has 0 heterocycles. The average molecular weight is 411 g/mol. The first-order chi connectivity index (χ1) is 14.1. The summed E-state index contributed by atoms with van der Waals surface area (Å²) in [5, 5.41) is 0. The van der Waals surface area contributed by atoms with Crippen molar-refractivity contribution in [3.63, 3.8) is 0 Å². The van der Waals surface area contributed by atoms with Crippen LogP contribution in [0.3, 0.4) is 0 Å². The van der Waals surface area contributed by atoms with E-state index in [0.29, 0.717) is 17.9 Å². The van der Waals surface area contributed by atoms with E-state index >= 15 is 0 Å². The van der Waals surface area contributed by atoms with Gasteiger partial charge in [0.15, 0.2) is 18.5 Å². The van der Waals surface area contributed by atoms with E-state index in [2.05, 4.69) is 0 Å². The Labute approximate surface area is 177 Å². The standard InChI is InChI=1S/C24H29NO5/c1-17(26)20-11-13-21(14-12-20)29-16-22(27)30-18(2)23(28)25(24(3,4)5)15-19-9-7-6-8-10-19/h6-14,18H,15-16H2,1-5H3/t18-/m1/s1. The van der Waals surface area contributed by atoms with Crippen LogP contribution < -0.4 is 4.74 Å². The molecule has 0 radical (unpaired) electrons. The number of amides is 1. The van der Waals surface area contributed by atoms with Crippen LogP contribution in [0, 0.1) is 0 Å². The van der Waals surface area contributed by atoms with Gasteiger partial charge in [0.1, 0.15) is 5.75 Å². The summed E-state index contributed by atoms with van der Waals surface area (Å²) in [6, 6.07) is 16.1. The van der Waals surface area contributed by atoms with Gasteiger partial charge in [-0.25, -0.2) is 4.79 Å². The van der Waals surface area contributed by atoms with E-state index < -0.39 is 17.6 Å². The molecule has 1 amide bonds. The van der Waals surface area contributed by atoms with Crippen molar-refractivity contribution in [2.24, 2.45) is 0 Å². The SMILES string of the molecule is CC(=O)c1ccc(OCC(=O)O[C@H](C)C(=O)N(Cc2ccccc2)C(C)(C)C)cc1. The Bertz CT molecular complexity index is 869. The quantitative estimate of drug-likeness (QED) is 0.484. The fourth-order valence-corrected chi connectivity index (χ4v) is 2.84. The molecule has 0 saturated carbocycles. The van der Waals surface area contributed by atoms with Crippen LogP contribution >= 0.6 is 0 Å². The number of esters is 1. The zero-order valence-electron chi connectivity index (χ0n) is 18.2. The highest BCUT2D eigenvalue weighted by atomic mass is 16.6. The molecule has 2 aromatic carbocycles. The lowest BCUT2D eigenvalue weighted by Gasteiger charge is -2.37. The van der Waals surface area contributed by atoms with Gasteiger partial charge in [-0.2, -0.15) is 0 Å². The Morgan fingerprint density at radius 2 is 1.57 bits per heavy atom. The molecule has 0 saturated heterocycles. The summed E-state index contributed by atoms with van der Waals surface area (Å²) in [6.07, 6.45) is -0.941. The van der Waals surface area contributed by atoms with Crippen molar-refractivity contribution in [1.29, 1.82) is 0 Å². The van der Waals surface area contributed by atoms with Crippen molar-refractivity contribution in [3.8, 4) is 5.75 Å². The number of carbonyl (C=O) groups is 3. The third kappa shape index (κ3) is 6.72. The van der Waals surface area contributed by atoms with Crippen LogP contribution in [-0.2, 0) is 20.9 Å². The van der Waals surface area contributed by atoms with Crippen molar-refractivity contribution in [2.45, 2.75) is 52.8 Å². The first-order valence-corrected chi connectivity index (χ1v) is 9.86. The lowest BCUT2D eigenvalue weighted by molar-refractivity contribution is -0.163. The number of rotatable bonds is 8. The van der Waals surface area contributed by atoms with E-state index in [1.54, 1.807) is 36.1 Å². The molecule has 0 unspecified atom stereocenters. The minimum Gasteiger partial charge on any atom is -0.482 e. The van der Waals surface area contributed by atoms with Crippen molar-refractivity contribution >= 4 is 17.7 Å². The van der Waals surface area contributed by atoms with Gasteiger partial charge >= 0.3 is 5.97 Å². The third-order valence-electron chi connectivity index (χ3n) is 4.53. The summed E-state index contributed by atoms with van der Waals surface area (Å²) in [6.45, 7) is 8.95. The van der Waals surface area contributed by atoms with Crippen LogP contribution in [-0.4, -0.2) is 40.8 Å². The van der Waals surface area contributed by atoms with E-state index in [-0.39, 0.29) is 18.3 Å². The molecule has 6 nitrogen and oxygen atoms in total. The normalized spacial score (nSPS) is 12.0. The van der Waals surface area contributed by atoms with E-state index in [1.807, 2.05) is 51.1 Å². The molecule has 0 aromatic heterocycles. The zero-order chi connectivity index (χ0) is 22.3. The highest BCUT2D eigenvalue weighted by Gasteiger charge is 2.31. The van der Waals surface area contributed by atoms with E-state index in [9.17, 15) is 14.4 Å². The van der Waals surface area contributed by atoms with Gasteiger partial charge in [-0.3, -0.25) is 9.59 Å². The van der Waals surface area contributed by atoms with Crippen LogP contribution in [0.15, 0.2) is 54.6 Å². The highest BCUT2D eigenvalue weighted by molar-refractivity contribution is 5.94. The number of ketones is 1. The smallest absolute Gasteiger partial charge is 0.344 e. The molecule has 0 N–H and O–H groups in total. The number of hydrogen-bond donors (Lipinski definition) is 0. The molecule has 1 atom stereocenters. The molecule has 160 valence electrons. The van der Waals surface area contributed by atoms with Gasteiger partial charge in [0.25, 0.3) is 5.91 Å². The number of benzene rings is 2. The van der Waals surface area contributed by atoms with Crippen LogP contribution in [0.25, 0.3) is 0 Å². The molecule has 0 aliphatic rings. The maximum Gasteiger partial charge on any atom is 0.344 e. The molecule has 0 aliphatic heterocycles. The third-order valence-corrected chi connectivity index (χ3v) is 4.53. The number of ether oxygens (including phenoxy) is 2. The second kappa shape index (κ2) is 10.1. The Balaban J connectivity index is 1.94. The Morgan fingerprint density at radius 1 is 0.967 bits per heavy atom. The van der Waals surface area contributed by atoms with Gasteiger partial charge in [-0.05, 0) is 64.4 Å². The highest BCUT2D eigenvalue weighted by Crippen LogP contribution is 2.20. The molecule has 2 rings (SSSR count). The number of carbonyl (C=O) groups excluding carboxylic acids is 3. The molecule has 6 heteroatoms. The van der Waals surface area contributed by atoms with Crippen LogP contribution in [0.5, 0.6) is 5.75 Å². The summed E-state index contributed by atoms with van der Waals surface area (Å²) in [5.74, 6) is -0.519. The Morgan fingerprint density at radius 3 is 2.10 bits per heavy atom. The van der Waals surface area contributed by atoms with E-state index in [1.165, 1.54) is 6.92 Å². The molecular formula is C24H29NO5. The lowest BCUT2D eigenvalue weighted by Crippen LogP contribution is -2.49. The van der Waals surface area contributed by atoms with Gasteiger partial charge < -0.3 is 14.4 Å². The largest absolute Gasteiger partial charge is 0.482 e. The summed E-state index contributed by atoms with van der Waals surface area (Å²) in [4.78, 5) is 38.1. The molecule has 2 aromatic rings. The van der Waals surface area contributed by atoms with Crippen molar-refractivity contribution in [2.75, 3.05) is 6.61 Å². The average Bonchev–Trinajstić information content (AvgIpc) is 2.70. The van der Waals surface area contributed by atoms with Crippen LogP contribution in [0.1, 0.15) is 50.5 Å². The fourth-order valence-electron chi connectivity index (χ4n) is 2.84. The zero-order valence-corrected chi connectivity index (χ0v) is 18.2. The van der Waals surface area contributed by atoms with Gasteiger partial charge in [-0.1, -0.05) is 30.3 Å². The molecule has 0 spiro atoms. The van der Waals surface area contributed by atoms with Gasteiger partial charge in [-0.15, -0.1) is 0 Å². The molecule has 30 heavy (non-hydrogen) atoms.